The van der Waals surface area contributed by atoms with Crippen molar-refractivity contribution in [1.82, 2.24) is 14.7 Å². The van der Waals surface area contributed by atoms with Crippen LogP contribution in [0.4, 0.5) is 0 Å². The molecule has 1 saturated carbocycles. The summed E-state index contributed by atoms with van der Waals surface area (Å²) in [7, 11) is 0. The van der Waals surface area contributed by atoms with E-state index in [1.807, 2.05) is 47.9 Å². The van der Waals surface area contributed by atoms with Gasteiger partial charge in [0, 0.05) is 18.4 Å². The first kappa shape index (κ1) is 16.8. The van der Waals surface area contributed by atoms with Gasteiger partial charge in [-0.2, -0.15) is 0 Å². The maximum absolute atomic E-state index is 12.8. The van der Waals surface area contributed by atoms with E-state index in [2.05, 4.69) is 22.4 Å². The number of hydrogen-bond acceptors (Lipinski definition) is 3. The molecule has 0 saturated heterocycles. The van der Waals surface area contributed by atoms with Crippen LogP contribution in [0.5, 0.6) is 0 Å². The number of aliphatic hydroxyl groups is 1. The summed E-state index contributed by atoms with van der Waals surface area (Å²) in [5.41, 5.74) is 3.45. The van der Waals surface area contributed by atoms with Gasteiger partial charge >= 0.3 is 0 Å². The van der Waals surface area contributed by atoms with Crippen LogP contribution in [0, 0.1) is 12.8 Å². The lowest BCUT2D eigenvalue weighted by Crippen LogP contribution is -2.48. The molecule has 5 heteroatoms. The quantitative estimate of drug-likeness (QED) is 0.744. The highest BCUT2D eigenvalue weighted by Gasteiger charge is 2.35. The van der Waals surface area contributed by atoms with Gasteiger partial charge in [-0.05, 0) is 49.3 Å². The summed E-state index contributed by atoms with van der Waals surface area (Å²) in [6.45, 7) is 1.98. The summed E-state index contributed by atoms with van der Waals surface area (Å²) < 4.78 is 1.88. The number of pyridine rings is 1. The number of nitrogens with one attached hydrogen (secondary N) is 1. The number of aryl methyl sites for hydroxylation is 1. The molecule has 1 amide bonds. The Morgan fingerprint density at radius 3 is 2.73 bits per heavy atom. The van der Waals surface area contributed by atoms with Crippen LogP contribution in [0.15, 0.2) is 54.9 Å². The molecule has 2 N–H and O–H groups in total. The number of aliphatic hydroxyl groups excluding tert-OH is 1. The summed E-state index contributed by atoms with van der Waals surface area (Å²) in [5.74, 6) is 0.142. The van der Waals surface area contributed by atoms with Gasteiger partial charge in [-0.1, -0.05) is 36.4 Å². The third-order valence-electron chi connectivity index (χ3n) is 5.24. The van der Waals surface area contributed by atoms with Gasteiger partial charge in [-0.25, -0.2) is 4.98 Å². The molecule has 1 fully saturated rings. The van der Waals surface area contributed by atoms with Gasteiger partial charge in [-0.3, -0.25) is 4.79 Å². The monoisotopic (exact) mass is 349 g/mol. The van der Waals surface area contributed by atoms with Crippen molar-refractivity contribution in [3.8, 4) is 0 Å². The molecule has 0 unspecified atom stereocenters. The number of rotatable bonds is 5. The van der Waals surface area contributed by atoms with Crippen molar-refractivity contribution in [2.45, 2.75) is 38.3 Å². The Morgan fingerprint density at radius 2 is 2.04 bits per heavy atom. The van der Waals surface area contributed by atoms with Crippen LogP contribution in [0.3, 0.4) is 0 Å². The van der Waals surface area contributed by atoms with E-state index in [-0.39, 0.29) is 18.1 Å². The molecule has 26 heavy (non-hydrogen) atoms. The first-order valence-electron chi connectivity index (χ1n) is 9.07. The van der Waals surface area contributed by atoms with Crippen molar-refractivity contribution >= 4 is 11.6 Å². The first-order valence-corrected chi connectivity index (χ1v) is 9.07. The second-order valence-electron chi connectivity index (χ2n) is 7.20. The van der Waals surface area contributed by atoms with Crippen LogP contribution < -0.4 is 5.32 Å². The second-order valence-corrected chi connectivity index (χ2v) is 7.20. The zero-order valence-electron chi connectivity index (χ0n) is 14.8. The molecule has 0 bridgehead atoms. The fraction of sp³-hybridized carbons (Fsp3) is 0.333. The van der Waals surface area contributed by atoms with E-state index in [9.17, 15) is 9.90 Å². The summed E-state index contributed by atoms with van der Waals surface area (Å²) in [4.78, 5) is 17.3. The SMILES string of the molecule is Cc1cccn2cc(C(=O)N[C@H](Cc3ccccc3)C3CC(O)C3)nc12. The number of fused-ring (bicyclic) bond motifs is 1. The van der Waals surface area contributed by atoms with Gasteiger partial charge in [0.2, 0.25) is 0 Å². The molecule has 1 aliphatic carbocycles. The summed E-state index contributed by atoms with van der Waals surface area (Å²) >= 11 is 0. The summed E-state index contributed by atoms with van der Waals surface area (Å²) in [6.07, 6.45) is 5.66. The van der Waals surface area contributed by atoms with Gasteiger partial charge in [0.15, 0.2) is 0 Å². The maximum Gasteiger partial charge on any atom is 0.271 e. The van der Waals surface area contributed by atoms with Crippen LogP contribution in [0.1, 0.15) is 34.5 Å². The van der Waals surface area contributed by atoms with E-state index in [0.717, 1.165) is 30.5 Å². The number of carbonyl (C=O) groups is 1. The average Bonchev–Trinajstić information content (AvgIpc) is 3.05. The topological polar surface area (TPSA) is 66.6 Å². The lowest BCUT2D eigenvalue weighted by atomic mass is 9.75. The van der Waals surface area contributed by atoms with E-state index < -0.39 is 0 Å². The summed E-state index contributed by atoms with van der Waals surface area (Å²) in [5, 5.41) is 12.8. The fourth-order valence-corrected chi connectivity index (χ4v) is 3.67. The number of hydrogen-bond donors (Lipinski definition) is 2. The molecule has 3 aromatic rings. The molecule has 0 aliphatic heterocycles. The molecular weight excluding hydrogens is 326 g/mol. The Kier molecular flexibility index (Phi) is 4.47. The largest absolute Gasteiger partial charge is 0.393 e. The zero-order chi connectivity index (χ0) is 18.1. The Morgan fingerprint density at radius 1 is 1.27 bits per heavy atom. The van der Waals surface area contributed by atoms with E-state index in [4.69, 9.17) is 0 Å². The predicted molar refractivity (Wildman–Crippen MR) is 100 cm³/mol. The van der Waals surface area contributed by atoms with E-state index >= 15 is 0 Å². The fourth-order valence-electron chi connectivity index (χ4n) is 3.67. The smallest absolute Gasteiger partial charge is 0.271 e. The molecule has 2 aromatic heterocycles. The van der Waals surface area contributed by atoms with Crippen molar-refractivity contribution in [2.24, 2.45) is 5.92 Å². The Labute approximate surface area is 152 Å². The van der Waals surface area contributed by atoms with Crippen LogP contribution in [-0.4, -0.2) is 32.5 Å². The zero-order valence-corrected chi connectivity index (χ0v) is 14.8. The maximum atomic E-state index is 12.8. The molecule has 134 valence electrons. The van der Waals surface area contributed by atoms with Gasteiger partial charge in [0.1, 0.15) is 11.3 Å². The molecule has 1 aliphatic rings. The second kappa shape index (κ2) is 6.92. The number of benzene rings is 1. The lowest BCUT2D eigenvalue weighted by molar-refractivity contribution is 0.0239. The lowest BCUT2D eigenvalue weighted by Gasteiger charge is -2.38. The average molecular weight is 349 g/mol. The van der Waals surface area contributed by atoms with Crippen molar-refractivity contribution in [2.75, 3.05) is 0 Å². The third kappa shape index (κ3) is 3.35. The van der Waals surface area contributed by atoms with Crippen LogP contribution in [-0.2, 0) is 6.42 Å². The predicted octanol–water partition coefficient (Wildman–Crippen LogP) is 2.75. The molecule has 4 rings (SSSR count). The van der Waals surface area contributed by atoms with Crippen molar-refractivity contribution in [3.63, 3.8) is 0 Å². The number of imidazole rings is 1. The van der Waals surface area contributed by atoms with Crippen molar-refractivity contribution in [1.29, 1.82) is 0 Å². The Bertz CT molecular complexity index is 913. The Balaban J connectivity index is 1.54. The molecule has 0 spiro atoms. The first-order chi connectivity index (χ1) is 12.6. The number of carbonyl (C=O) groups excluding carboxylic acids is 1. The van der Waals surface area contributed by atoms with Gasteiger partial charge in [-0.15, -0.1) is 0 Å². The molecule has 1 aromatic carbocycles. The van der Waals surface area contributed by atoms with Gasteiger partial charge in [0.25, 0.3) is 5.91 Å². The standard InChI is InChI=1S/C21H23N3O2/c1-14-6-5-9-24-13-19(22-20(14)24)21(26)23-18(16-11-17(25)12-16)10-15-7-3-2-4-8-15/h2-9,13,16-18,25H,10-12H2,1H3,(H,23,26)/t16?,17?,18-/m1/s1. The van der Waals surface area contributed by atoms with E-state index in [1.54, 1.807) is 6.20 Å². The minimum atomic E-state index is -0.243. The number of aromatic nitrogens is 2. The van der Waals surface area contributed by atoms with E-state index in [1.165, 1.54) is 5.56 Å². The van der Waals surface area contributed by atoms with Gasteiger partial charge in [0.05, 0.1) is 6.10 Å². The minimum absolute atomic E-state index is 0.000732. The van der Waals surface area contributed by atoms with Crippen LogP contribution in [0.2, 0.25) is 0 Å². The highest BCUT2D eigenvalue weighted by atomic mass is 16.3. The highest BCUT2D eigenvalue weighted by Crippen LogP contribution is 2.32. The van der Waals surface area contributed by atoms with Crippen LogP contribution in [0.25, 0.3) is 5.65 Å². The van der Waals surface area contributed by atoms with Gasteiger partial charge < -0.3 is 14.8 Å². The molecule has 2 heterocycles. The van der Waals surface area contributed by atoms with Crippen molar-refractivity contribution in [3.05, 3.63) is 71.7 Å². The number of nitrogens with zero attached hydrogens (tertiary/aromatic N) is 2. The summed E-state index contributed by atoms with van der Waals surface area (Å²) in [6, 6.07) is 14.1. The molecule has 0 radical (unpaired) electrons. The number of amides is 1. The van der Waals surface area contributed by atoms with E-state index in [0.29, 0.717) is 11.6 Å². The molecular formula is C21H23N3O2. The van der Waals surface area contributed by atoms with Crippen LogP contribution >= 0.6 is 0 Å². The highest BCUT2D eigenvalue weighted by molar-refractivity contribution is 5.93. The Hall–Kier alpha value is -2.66. The minimum Gasteiger partial charge on any atom is -0.393 e. The molecule has 5 nitrogen and oxygen atoms in total. The van der Waals surface area contributed by atoms with Crippen molar-refractivity contribution < 1.29 is 9.90 Å². The normalized spacial score (nSPS) is 20.5. The third-order valence-corrected chi connectivity index (χ3v) is 5.24. The molecule has 1 atom stereocenters.